The number of ether oxygens (including phenoxy) is 2. The molecule has 17 heteroatoms. The van der Waals surface area contributed by atoms with Crippen molar-refractivity contribution in [3.05, 3.63) is 86.1 Å². The Hall–Kier alpha value is -4.10. The number of nitrogens with zero attached hydrogens (tertiary/aromatic N) is 1. The molecule has 5 heterocycles. The van der Waals surface area contributed by atoms with E-state index in [2.05, 4.69) is 10.6 Å². The number of nitrogens with two attached hydrogens (primary N) is 1. The molecule has 15 nitrogen and oxygen atoms in total. The number of fused-ring (bicyclic) bond motifs is 5. The van der Waals surface area contributed by atoms with Crippen LogP contribution in [-0.4, -0.2) is 124 Å². The van der Waals surface area contributed by atoms with Crippen molar-refractivity contribution in [1.82, 2.24) is 15.5 Å². The Bertz CT molecular complexity index is 2480. The summed E-state index contributed by atoms with van der Waals surface area (Å²) in [5.41, 5.74) is 6.60. The fraction of sp³-hybridized carbons (Fsp3) is 0.600. The molecule has 10 atom stereocenters. The molecule has 1 aromatic heterocycles. The summed E-state index contributed by atoms with van der Waals surface area (Å²) in [6.45, 7) is 3.30. The van der Waals surface area contributed by atoms with Crippen LogP contribution in [0.4, 0.5) is 0 Å². The van der Waals surface area contributed by atoms with E-state index in [1.165, 1.54) is 0 Å². The van der Waals surface area contributed by atoms with Crippen molar-refractivity contribution in [3.8, 4) is 5.75 Å². The Morgan fingerprint density at radius 2 is 1.94 bits per heavy atom. The summed E-state index contributed by atoms with van der Waals surface area (Å²) in [5.74, 6) is -1.34. The Kier molecular flexibility index (Phi) is 13.6. The predicted molar refractivity (Wildman–Crippen MR) is 256 cm³/mol. The summed E-state index contributed by atoms with van der Waals surface area (Å²) in [7, 11) is 5.19. The van der Waals surface area contributed by atoms with Gasteiger partial charge in [0.25, 0.3) is 0 Å². The minimum atomic E-state index is -1.59. The predicted octanol–water partition coefficient (Wildman–Crippen LogP) is 3.55. The van der Waals surface area contributed by atoms with Crippen LogP contribution in [0.15, 0.2) is 73.8 Å². The molecule has 2 saturated carbocycles. The highest BCUT2D eigenvalue weighted by atomic mass is 33.1. The summed E-state index contributed by atoms with van der Waals surface area (Å²) in [4.78, 5) is 57.6. The molecule has 2 aromatic rings. The van der Waals surface area contributed by atoms with Crippen molar-refractivity contribution >= 4 is 50.7 Å². The summed E-state index contributed by atoms with van der Waals surface area (Å²) in [6, 6.07) is 5.44. The molecule has 3 aliphatic carbocycles. The molecule has 8 N–H and O–H groups in total. The number of dihydropyridines is 1. The third kappa shape index (κ3) is 7.88. The molecule has 3 fully saturated rings. The van der Waals surface area contributed by atoms with E-state index in [4.69, 9.17) is 19.6 Å². The lowest BCUT2D eigenvalue weighted by Crippen LogP contribution is -2.71. The lowest BCUT2D eigenvalue weighted by molar-refractivity contribution is -0.202. The van der Waals surface area contributed by atoms with Gasteiger partial charge in [-0.2, -0.15) is 0 Å². The van der Waals surface area contributed by atoms with Crippen LogP contribution in [-0.2, 0) is 31.0 Å². The summed E-state index contributed by atoms with van der Waals surface area (Å²) >= 11 is 0. The number of rotatable bonds is 12. The summed E-state index contributed by atoms with van der Waals surface area (Å²) in [5, 5.41) is 49.3. The van der Waals surface area contributed by atoms with Crippen LogP contribution in [0, 0.1) is 29.6 Å². The normalized spacial score (nSPS) is 32.8. The number of benzene rings is 1. The van der Waals surface area contributed by atoms with Crippen molar-refractivity contribution in [1.29, 1.82) is 0 Å². The molecular formula is C50H64N4O11S2. The van der Waals surface area contributed by atoms with Crippen LogP contribution < -0.4 is 26.7 Å². The fourth-order valence-corrected chi connectivity index (χ4v) is 16.3. The number of nitrogens with one attached hydrogen (secondary N) is 2. The molecule has 7 aliphatic rings. The maximum absolute atomic E-state index is 14.7. The fourth-order valence-electron chi connectivity index (χ4n) is 13.2. The second-order valence-electron chi connectivity index (χ2n) is 19.8. The van der Waals surface area contributed by atoms with Gasteiger partial charge in [-0.05, 0) is 87.4 Å². The van der Waals surface area contributed by atoms with Gasteiger partial charge in [-0.1, -0.05) is 52.2 Å². The van der Waals surface area contributed by atoms with E-state index in [9.17, 15) is 39.6 Å². The first kappa shape index (κ1) is 47.9. The van der Waals surface area contributed by atoms with Crippen molar-refractivity contribution < 1.29 is 48.7 Å². The van der Waals surface area contributed by atoms with E-state index in [-0.39, 0.29) is 97.8 Å². The molecule has 1 aromatic carbocycles. The average Bonchev–Trinajstić information content (AvgIpc) is 3.94. The van der Waals surface area contributed by atoms with Gasteiger partial charge in [-0.15, -0.1) is 0 Å². The quantitative estimate of drug-likeness (QED) is 0.0403. The number of carbonyl (C=O) groups is 3. The number of carbonyl (C=O) groups excluding carboxylic acids is 3. The molecule has 4 aliphatic heterocycles. The molecule has 1 amide bonds. The Morgan fingerprint density at radius 3 is 2.63 bits per heavy atom. The van der Waals surface area contributed by atoms with E-state index in [0.717, 1.165) is 41.4 Å². The van der Waals surface area contributed by atoms with Crippen LogP contribution in [0.3, 0.4) is 0 Å². The van der Waals surface area contributed by atoms with Gasteiger partial charge < -0.3 is 60.4 Å². The second-order valence-corrected chi connectivity index (χ2v) is 22.4. The van der Waals surface area contributed by atoms with Crippen LogP contribution >= 0.6 is 21.6 Å². The molecular weight excluding hydrogens is 897 g/mol. The zero-order chi connectivity index (χ0) is 47.4. The highest BCUT2D eigenvalue weighted by Crippen LogP contribution is 2.60. The highest BCUT2D eigenvalue weighted by molar-refractivity contribution is 8.77. The first-order chi connectivity index (χ1) is 32.3. The Labute approximate surface area is 398 Å². The topological polar surface area (TPSA) is 234 Å². The maximum atomic E-state index is 14.7. The van der Waals surface area contributed by atoms with Crippen molar-refractivity contribution in [2.24, 2.45) is 35.3 Å². The molecule has 67 heavy (non-hydrogen) atoms. The number of hydrogen-bond acceptors (Lipinski definition) is 16. The monoisotopic (exact) mass is 960 g/mol. The summed E-state index contributed by atoms with van der Waals surface area (Å²) in [6.07, 6.45) is 10.9. The number of allylic oxidation sites excluding steroid dienone is 2. The number of hydrogen-bond donors (Lipinski definition) is 7. The van der Waals surface area contributed by atoms with E-state index < -0.39 is 46.7 Å². The number of aldehydes is 1. The maximum Gasteiger partial charge on any atom is 0.340 e. The van der Waals surface area contributed by atoms with Gasteiger partial charge in [-0.3, -0.25) is 4.79 Å². The van der Waals surface area contributed by atoms with E-state index in [1.54, 1.807) is 47.6 Å². The first-order valence-corrected chi connectivity index (χ1v) is 26.2. The van der Waals surface area contributed by atoms with Gasteiger partial charge in [0.2, 0.25) is 5.91 Å². The Morgan fingerprint density at radius 1 is 1.15 bits per heavy atom. The highest BCUT2D eigenvalue weighted by Gasteiger charge is 2.67. The lowest BCUT2D eigenvalue weighted by atomic mass is 9.57. The molecule has 9 rings (SSSR count). The largest absolute Gasteiger partial charge is 0.481 e. The van der Waals surface area contributed by atoms with Gasteiger partial charge in [0.05, 0.1) is 30.8 Å². The SMILES string of the molecule is C/C=C(\CCO)C(=O)O[C@]1(C)[C@@H](CO)C=C2CSS[C@@H]3C[C@H](C=O)[C@H](NC)[C@H]4CN(C(=O)CC5=C(C=C(N)NC5)[C@H]2[C@]12Cc1cc5cc(C6([C@H](CO)CCO)CCCC6)c(=O)oc5cc1O2)[C@H]43. The third-order valence-corrected chi connectivity index (χ3v) is 19.4. The van der Waals surface area contributed by atoms with Crippen LogP contribution in [0.25, 0.3) is 11.0 Å². The molecule has 1 saturated heterocycles. The Balaban J connectivity index is 1.22. The van der Waals surface area contributed by atoms with E-state index >= 15 is 0 Å². The minimum absolute atomic E-state index is 0.0127. The van der Waals surface area contributed by atoms with Crippen LogP contribution in [0.5, 0.6) is 5.75 Å². The second kappa shape index (κ2) is 19.0. The van der Waals surface area contributed by atoms with Crippen LogP contribution in [0.1, 0.15) is 76.3 Å². The smallest absolute Gasteiger partial charge is 0.340 e. The molecule has 362 valence electrons. The molecule has 1 spiro atoms. The minimum Gasteiger partial charge on any atom is -0.481 e. The van der Waals surface area contributed by atoms with Gasteiger partial charge in [0.1, 0.15) is 17.6 Å². The van der Waals surface area contributed by atoms with Gasteiger partial charge in [-0.25, -0.2) is 9.59 Å². The molecule has 0 bridgehead atoms. The number of aliphatic hydroxyl groups excluding tert-OH is 4. The van der Waals surface area contributed by atoms with Crippen molar-refractivity contribution in [2.45, 2.75) is 106 Å². The number of aliphatic hydroxyl groups is 4. The van der Waals surface area contributed by atoms with Crippen molar-refractivity contribution in [2.75, 3.05) is 52.3 Å². The van der Waals surface area contributed by atoms with Gasteiger partial charge >= 0.3 is 11.6 Å². The standard InChI is InChI=1S/C50H64N4O11S2/c1-4-27(7-11-55)46(61)65-48(2)34(25-59)14-32-26-66-67-40-16-31(23-57)44(52-3)36-22-54(45(36)40)42(60)17-30-21-53-41(51)18-35(30)43(32)50(48)20-29-13-28-15-37(47(62)63-38(28)19-39(29)64-50)49(9-5-6-10-49)33(24-58)8-12-56/h4,13-15,18-19,23,31,33-34,36,40,43-45,52-53,55-56,58-59H,5-12,16-17,20-22,24-26,51H2,1-3H3/b27-4+/t31-,33+,34-,36-,40-,43+,44+,45-,48-,50-/m1/s1. The zero-order valence-electron chi connectivity index (χ0n) is 38.5. The average molecular weight is 961 g/mol. The van der Waals surface area contributed by atoms with Crippen LogP contribution in [0.2, 0.25) is 0 Å². The van der Waals surface area contributed by atoms with E-state index in [0.29, 0.717) is 60.5 Å². The van der Waals surface area contributed by atoms with Gasteiger partial charge in [0.15, 0.2) is 11.2 Å². The van der Waals surface area contributed by atoms with E-state index in [1.807, 2.05) is 36.2 Å². The summed E-state index contributed by atoms with van der Waals surface area (Å²) < 4.78 is 20.3. The number of amides is 1. The molecule has 0 unspecified atom stereocenters. The van der Waals surface area contributed by atoms with Crippen molar-refractivity contribution in [3.63, 3.8) is 0 Å². The van der Waals surface area contributed by atoms with Gasteiger partial charge in [0, 0.05) is 109 Å². The third-order valence-electron chi connectivity index (χ3n) is 16.6. The molecule has 0 radical (unpaired) electrons. The number of esters is 1. The zero-order valence-corrected chi connectivity index (χ0v) is 40.1. The lowest BCUT2D eigenvalue weighted by Gasteiger charge is -2.59. The first-order valence-electron chi connectivity index (χ1n) is 23.8.